The van der Waals surface area contributed by atoms with Crippen molar-refractivity contribution in [2.45, 2.75) is 50.2 Å². The van der Waals surface area contributed by atoms with Gasteiger partial charge >= 0.3 is 5.97 Å². The molecule has 1 aliphatic carbocycles. The van der Waals surface area contributed by atoms with E-state index in [1.807, 2.05) is 0 Å². The Morgan fingerprint density at radius 2 is 1.66 bits per heavy atom. The maximum absolute atomic E-state index is 13.1. The fourth-order valence-corrected chi connectivity index (χ4v) is 4.43. The van der Waals surface area contributed by atoms with Crippen molar-refractivity contribution in [3.63, 3.8) is 0 Å². The normalized spacial score (nSPS) is 31.6. The summed E-state index contributed by atoms with van der Waals surface area (Å²) in [5.41, 5.74) is -2.91. The number of aliphatic hydroxyl groups is 4. The van der Waals surface area contributed by atoms with Crippen molar-refractivity contribution >= 4 is 11.8 Å². The van der Waals surface area contributed by atoms with E-state index in [0.717, 1.165) is 6.92 Å². The standard InChI is InChI=1S/C22H22O10/c1-8-6-11-15(13(25)7-8)16(26)14-10(4-3-5-12(14)24)22(11,30)20-18(28)17(27)19(29)21(32-20)31-9(2)23/h3-7,17-21,24-25,27-30H,1-2H3/t17-,18-,19-,20-,21-,22+/m1/s1. The molecule has 170 valence electrons. The van der Waals surface area contributed by atoms with Crippen LogP contribution in [0.15, 0.2) is 30.3 Å². The summed E-state index contributed by atoms with van der Waals surface area (Å²) in [4.78, 5) is 24.6. The van der Waals surface area contributed by atoms with Gasteiger partial charge in [-0.25, -0.2) is 0 Å². The van der Waals surface area contributed by atoms with E-state index in [2.05, 4.69) is 0 Å². The molecule has 2 aliphatic rings. The lowest BCUT2D eigenvalue weighted by Crippen LogP contribution is -2.65. The number of aliphatic hydroxyl groups excluding tert-OH is 3. The van der Waals surface area contributed by atoms with Crippen molar-refractivity contribution in [2.24, 2.45) is 0 Å². The molecule has 6 N–H and O–H groups in total. The van der Waals surface area contributed by atoms with Gasteiger partial charge in [0.2, 0.25) is 12.1 Å². The monoisotopic (exact) mass is 446 g/mol. The maximum atomic E-state index is 13.1. The van der Waals surface area contributed by atoms with Crippen LogP contribution in [-0.2, 0) is 19.9 Å². The summed E-state index contributed by atoms with van der Waals surface area (Å²) in [5, 5.41) is 64.3. The Labute approximate surface area is 181 Å². The molecule has 32 heavy (non-hydrogen) atoms. The number of aromatic hydroxyl groups is 2. The molecule has 1 heterocycles. The van der Waals surface area contributed by atoms with Crippen molar-refractivity contribution < 1.29 is 49.7 Å². The molecule has 1 fully saturated rings. The van der Waals surface area contributed by atoms with Crippen LogP contribution in [0.2, 0.25) is 0 Å². The first kappa shape index (κ1) is 22.2. The van der Waals surface area contributed by atoms with E-state index in [9.17, 15) is 40.2 Å². The predicted octanol–water partition coefficient (Wildman–Crippen LogP) is -0.443. The lowest BCUT2D eigenvalue weighted by atomic mass is 9.68. The molecule has 2 aromatic carbocycles. The molecule has 0 bridgehead atoms. The van der Waals surface area contributed by atoms with E-state index in [1.54, 1.807) is 6.92 Å². The first-order valence-electron chi connectivity index (χ1n) is 9.79. The average molecular weight is 446 g/mol. The van der Waals surface area contributed by atoms with Crippen LogP contribution in [0.25, 0.3) is 0 Å². The van der Waals surface area contributed by atoms with Crippen LogP contribution >= 0.6 is 0 Å². The highest BCUT2D eigenvalue weighted by Gasteiger charge is 2.58. The van der Waals surface area contributed by atoms with Gasteiger partial charge < -0.3 is 40.1 Å². The van der Waals surface area contributed by atoms with Crippen LogP contribution in [0.3, 0.4) is 0 Å². The van der Waals surface area contributed by atoms with Crippen molar-refractivity contribution in [1.82, 2.24) is 0 Å². The van der Waals surface area contributed by atoms with E-state index in [1.165, 1.54) is 30.3 Å². The van der Waals surface area contributed by atoms with Gasteiger partial charge in [-0.05, 0) is 24.6 Å². The second kappa shape index (κ2) is 7.54. The Balaban J connectivity index is 1.99. The van der Waals surface area contributed by atoms with Crippen molar-refractivity contribution in [2.75, 3.05) is 0 Å². The highest BCUT2D eigenvalue weighted by atomic mass is 16.7. The summed E-state index contributed by atoms with van der Waals surface area (Å²) in [7, 11) is 0. The van der Waals surface area contributed by atoms with Crippen molar-refractivity contribution in [1.29, 1.82) is 0 Å². The first-order chi connectivity index (χ1) is 15.0. The summed E-state index contributed by atoms with van der Waals surface area (Å²) >= 11 is 0. The molecule has 2 aromatic rings. The highest BCUT2D eigenvalue weighted by molar-refractivity contribution is 6.16. The van der Waals surface area contributed by atoms with Gasteiger partial charge in [0.1, 0.15) is 41.5 Å². The molecule has 4 rings (SSSR count). The molecule has 1 saturated heterocycles. The quantitative estimate of drug-likeness (QED) is 0.332. The van der Waals surface area contributed by atoms with Gasteiger partial charge in [0.15, 0.2) is 0 Å². The lowest BCUT2D eigenvalue weighted by molar-refractivity contribution is -0.313. The number of ether oxygens (including phenoxy) is 2. The third-order valence-corrected chi connectivity index (χ3v) is 5.84. The average Bonchev–Trinajstić information content (AvgIpc) is 2.71. The minimum absolute atomic E-state index is 0.146. The summed E-state index contributed by atoms with van der Waals surface area (Å²) in [5.74, 6) is -2.58. The number of phenolic OH excluding ortho intramolecular Hbond substituents is 2. The van der Waals surface area contributed by atoms with Gasteiger partial charge in [-0.1, -0.05) is 18.2 Å². The highest BCUT2D eigenvalue weighted by Crippen LogP contribution is 2.50. The van der Waals surface area contributed by atoms with Crippen LogP contribution in [0.4, 0.5) is 0 Å². The van der Waals surface area contributed by atoms with Gasteiger partial charge in [-0.2, -0.15) is 0 Å². The number of carbonyl (C=O) groups excluding carboxylic acids is 2. The van der Waals surface area contributed by atoms with Gasteiger partial charge in [-0.3, -0.25) is 9.59 Å². The van der Waals surface area contributed by atoms with E-state index in [-0.39, 0.29) is 22.3 Å². The summed E-state index contributed by atoms with van der Waals surface area (Å²) in [6, 6.07) is 6.58. The topological polar surface area (TPSA) is 174 Å². The number of hydrogen-bond acceptors (Lipinski definition) is 10. The summed E-state index contributed by atoms with van der Waals surface area (Å²) in [6.45, 7) is 2.64. The van der Waals surface area contributed by atoms with E-state index in [0.29, 0.717) is 5.56 Å². The Morgan fingerprint density at radius 1 is 1.00 bits per heavy atom. The molecule has 0 radical (unpaired) electrons. The third-order valence-electron chi connectivity index (χ3n) is 5.84. The van der Waals surface area contributed by atoms with Gasteiger partial charge in [-0.15, -0.1) is 0 Å². The second-order valence-electron chi connectivity index (χ2n) is 8.01. The minimum atomic E-state index is -2.40. The zero-order valence-electron chi connectivity index (χ0n) is 17.1. The van der Waals surface area contributed by atoms with E-state index >= 15 is 0 Å². The molecule has 1 aliphatic heterocycles. The van der Waals surface area contributed by atoms with Gasteiger partial charge in [0.05, 0.1) is 11.1 Å². The van der Waals surface area contributed by atoms with Crippen LogP contribution in [0.5, 0.6) is 11.5 Å². The fraction of sp³-hybridized carbons (Fsp3) is 0.364. The predicted molar refractivity (Wildman–Crippen MR) is 106 cm³/mol. The summed E-state index contributed by atoms with van der Waals surface area (Å²) < 4.78 is 10.5. The number of rotatable bonds is 2. The maximum Gasteiger partial charge on any atom is 0.305 e. The second-order valence-corrected chi connectivity index (χ2v) is 8.01. The van der Waals surface area contributed by atoms with Crippen LogP contribution < -0.4 is 0 Å². The Bertz CT molecular complexity index is 1110. The zero-order chi connectivity index (χ0) is 23.5. The lowest BCUT2D eigenvalue weighted by Gasteiger charge is -2.48. The van der Waals surface area contributed by atoms with Crippen LogP contribution in [0, 0.1) is 6.92 Å². The number of esters is 1. The molecule has 0 aromatic heterocycles. The number of ketones is 1. The number of benzene rings is 2. The minimum Gasteiger partial charge on any atom is -0.507 e. The van der Waals surface area contributed by atoms with Crippen LogP contribution in [-0.4, -0.2) is 73.1 Å². The number of hydrogen-bond donors (Lipinski definition) is 6. The summed E-state index contributed by atoms with van der Waals surface area (Å²) in [6.07, 6.45) is -9.17. The number of aryl methyl sites for hydroxylation is 1. The molecule has 10 nitrogen and oxygen atoms in total. The molecule has 0 amide bonds. The third kappa shape index (κ3) is 3.07. The SMILES string of the molecule is CC(=O)O[C@@H]1O[C@@H]([C@]2(O)c3cccc(O)c3C(=O)c3c(O)cc(C)cc32)[C@H](O)[C@@H](O)[C@H]1O. The Kier molecular flexibility index (Phi) is 5.23. The Hall–Kier alpha value is -3.02. The molecule has 6 atom stereocenters. The number of fused-ring (bicyclic) bond motifs is 2. The zero-order valence-corrected chi connectivity index (χ0v) is 17.1. The molecule has 0 spiro atoms. The fourth-order valence-electron chi connectivity index (χ4n) is 4.43. The first-order valence-corrected chi connectivity index (χ1v) is 9.79. The Morgan fingerprint density at radius 3 is 2.31 bits per heavy atom. The van der Waals surface area contributed by atoms with Crippen molar-refractivity contribution in [3.8, 4) is 11.5 Å². The van der Waals surface area contributed by atoms with E-state index < -0.39 is 59.6 Å². The molecule has 10 heteroatoms. The smallest absolute Gasteiger partial charge is 0.305 e. The molecule has 0 unspecified atom stereocenters. The van der Waals surface area contributed by atoms with Crippen LogP contribution in [0.1, 0.15) is 39.5 Å². The molecule has 0 saturated carbocycles. The van der Waals surface area contributed by atoms with E-state index in [4.69, 9.17) is 9.47 Å². The van der Waals surface area contributed by atoms with Gasteiger partial charge in [0, 0.05) is 18.1 Å². The number of carbonyl (C=O) groups is 2. The van der Waals surface area contributed by atoms with Crippen molar-refractivity contribution in [3.05, 3.63) is 58.1 Å². The van der Waals surface area contributed by atoms with Gasteiger partial charge in [0.25, 0.3) is 0 Å². The molecular weight excluding hydrogens is 424 g/mol. The largest absolute Gasteiger partial charge is 0.507 e. The number of phenols is 2. The molecular formula is C22H22O10.